The number of carbonyl (C=O) groups excluding carboxylic acids is 2. The number of unbranched alkanes of at least 4 members (excludes halogenated alkanes) is 1. The van der Waals surface area contributed by atoms with Crippen LogP contribution in [0.4, 0.5) is 0 Å². The van der Waals surface area contributed by atoms with Crippen molar-refractivity contribution in [2.75, 3.05) is 7.11 Å². The fourth-order valence-corrected chi connectivity index (χ4v) is 5.87. The zero-order valence-corrected chi connectivity index (χ0v) is 19.7. The molecule has 2 fully saturated rings. The summed E-state index contributed by atoms with van der Waals surface area (Å²) >= 11 is 0. The first-order valence-electron chi connectivity index (χ1n) is 12.3. The number of allylic oxidation sites excluding steroid dienone is 2. The summed E-state index contributed by atoms with van der Waals surface area (Å²) in [7, 11) is 1.43. The van der Waals surface area contributed by atoms with Crippen molar-refractivity contribution >= 4 is 11.8 Å². The number of methoxy groups -OCH3 is 1. The van der Waals surface area contributed by atoms with Crippen LogP contribution in [0.5, 0.6) is 0 Å². The van der Waals surface area contributed by atoms with Crippen LogP contribution in [0.2, 0.25) is 0 Å². The summed E-state index contributed by atoms with van der Waals surface area (Å²) < 4.78 is 4.68. The second-order valence-corrected chi connectivity index (χ2v) is 9.75. The predicted octanol–water partition coefficient (Wildman–Crippen LogP) is 7.11. The van der Waals surface area contributed by atoms with Crippen molar-refractivity contribution in [2.45, 2.75) is 96.3 Å². The molecule has 3 rings (SSSR count). The Bertz CT molecular complexity index is 774. The van der Waals surface area contributed by atoms with Gasteiger partial charge >= 0.3 is 5.97 Å². The predicted molar refractivity (Wildman–Crippen MR) is 126 cm³/mol. The Hall–Kier alpha value is -1.90. The lowest BCUT2D eigenvalue weighted by Crippen LogP contribution is -2.34. The summed E-state index contributed by atoms with van der Waals surface area (Å²) in [5.74, 6) is 1.27. The van der Waals surface area contributed by atoms with Gasteiger partial charge in [0.1, 0.15) is 5.78 Å². The second kappa shape index (κ2) is 11.1. The third-order valence-electron chi connectivity index (χ3n) is 7.99. The van der Waals surface area contributed by atoms with Crippen molar-refractivity contribution in [1.82, 2.24) is 0 Å². The van der Waals surface area contributed by atoms with Crippen LogP contribution in [0.25, 0.3) is 0 Å². The minimum Gasteiger partial charge on any atom is -0.469 e. The Labute approximate surface area is 188 Å². The maximum absolute atomic E-state index is 12.6. The molecule has 0 radical (unpaired) electrons. The average molecular weight is 425 g/mol. The topological polar surface area (TPSA) is 43.4 Å². The lowest BCUT2D eigenvalue weighted by atomic mass is 9.58. The molecule has 3 atom stereocenters. The van der Waals surface area contributed by atoms with E-state index in [-0.39, 0.29) is 11.9 Å². The summed E-state index contributed by atoms with van der Waals surface area (Å²) in [6, 6.07) is 9.16. The third kappa shape index (κ3) is 5.67. The molecule has 1 aromatic carbocycles. The Morgan fingerprint density at radius 3 is 2.77 bits per heavy atom. The third-order valence-corrected chi connectivity index (χ3v) is 7.99. The van der Waals surface area contributed by atoms with E-state index in [9.17, 15) is 9.59 Å². The summed E-state index contributed by atoms with van der Waals surface area (Å²) in [6.45, 7) is 4.73. The molecule has 170 valence electrons. The number of esters is 1. The number of Topliss-reactive ketones (excluding diaryl/α,β-unsaturated/α-hetero) is 1. The summed E-state index contributed by atoms with van der Waals surface area (Å²) in [4.78, 5) is 23.8. The van der Waals surface area contributed by atoms with Crippen LogP contribution in [0, 0.1) is 11.3 Å². The van der Waals surface area contributed by atoms with Gasteiger partial charge in [0.05, 0.1) is 7.11 Å². The van der Waals surface area contributed by atoms with E-state index in [0.717, 1.165) is 25.7 Å². The van der Waals surface area contributed by atoms with Gasteiger partial charge < -0.3 is 4.74 Å². The van der Waals surface area contributed by atoms with Gasteiger partial charge in [0.25, 0.3) is 0 Å². The Balaban J connectivity index is 1.63. The molecule has 3 heteroatoms. The molecule has 0 saturated heterocycles. The molecular weight excluding hydrogens is 384 g/mol. The normalized spacial score (nSPS) is 23.6. The lowest BCUT2D eigenvalue weighted by Gasteiger charge is -2.47. The quantitative estimate of drug-likeness (QED) is 0.216. The van der Waals surface area contributed by atoms with Crippen LogP contribution < -0.4 is 0 Å². The van der Waals surface area contributed by atoms with Crippen LogP contribution in [-0.4, -0.2) is 18.9 Å². The van der Waals surface area contributed by atoms with Gasteiger partial charge in [-0.25, -0.2) is 0 Å². The lowest BCUT2D eigenvalue weighted by molar-refractivity contribution is -0.140. The number of rotatable bonds is 11. The fraction of sp³-hybridized carbons (Fsp3) is 0.643. The molecule has 31 heavy (non-hydrogen) atoms. The van der Waals surface area contributed by atoms with Crippen molar-refractivity contribution in [3.8, 4) is 0 Å². The van der Waals surface area contributed by atoms with Crippen LogP contribution in [0.15, 0.2) is 36.4 Å². The van der Waals surface area contributed by atoms with E-state index >= 15 is 0 Å². The molecule has 0 aromatic heterocycles. The van der Waals surface area contributed by atoms with E-state index in [0.29, 0.717) is 35.9 Å². The van der Waals surface area contributed by atoms with Gasteiger partial charge in [0, 0.05) is 18.8 Å². The second-order valence-electron chi connectivity index (χ2n) is 9.75. The number of hydrogen-bond donors (Lipinski definition) is 0. The van der Waals surface area contributed by atoms with Crippen LogP contribution >= 0.6 is 0 Å². The van der Waals surface area contributed by atoms with Gasteiger partial charge in [0.15, 0.2) is 0 Å². The van der Waals surface area contributed by atoms with E-state index in [2.05, 4.69) is 55.0 Å². The first-order chi connectivity index (χ1) is 15.0. The molecule has 0 aliphatic heterocycles. The highest BCUT2D eigenvalue weighted by Crippen LogP contribution is 2.54. The highest BCUT2D eigenvalue weighted by Gasteiger charge is 2.42. The Morgan fingerprint density at radius 1 is 1.29 bits per heavy atom. The monoisotopic (exact) mass is 424 g/mol. The van der Waals surface area contributed by atoms with E-state index in [1.165, 1.54) is 50.3 Å². The molecule has 0 amide bonds. The first kappa shape index (κ1) is 23.8. The smallest absolute Gasteiger partial charge is 0.305 e. The molecule has 1 aromatic rings. The number of benzene rings is 1. The minimum atomic E-state index is -0.156. The fourth-order valence-electron chi connectivity index (χ4n) is 5.87. The molecule has 0 heterocycles. The summed E-state index contributed by atoms with van der Waals surface area (Å²) in [6.07, 6.45) is 15.5. The minimum absolute atomic E-state index is 0.0933. The largest absolute Gasteiger partial charge is 0.469 e. The number of ether oxygens (including phenoxy) is 1. The van der Waals surface area contributed by atoms with E-state index in [4.69, 9.17) is 0 Å². The Morgan fingerprint density at radius 2 is 2.10 bits per heavy atom. The maximum atomic E-state index is 12.6. The zero-order valence-electron chi connectivity index (χ0n) is 19.7. The number of hydrogen-bond acceptors (Lipinski definition) is 3. The van der Waals surface area contributed by atoms with Crippen molar-refractivity contribution in [3.63, 3.8) is 0 Å². The highest BCUT2D eigenvalue weighted by molar-refractivity contribution is 5.84. The van der Waals surface area contributed by atoms with E-state index < -0.39 is 0 Å². The SMILES string of the molecule is CCCC1(C(C)c2cccc([C@H]3CCC(=O)[C@@H]3C/C=C\CCCC(=O)OC)c2)CCC1. The summed E-state index contributed by atoms with van der Waals surface area (Å²) in [5, 5.41) is 0. The van der Waals surface area contributed by atoms with Crippen LogP contribution in [0.3, 0.4) is 0 Å². The molecule has 2 aliphatic rings. The van der Waals surface area contributed by atoms with E-state index in [1.54, 1.807) is 0 Å². The van der Waals surface area contributed by atoms with Gasteiger partial charge in [-0.1, -0.05) is 63.1 Å². The first-order valence-corrected chi connectivity index (χ1v) is 12.3. The standard InChI is InChI=1S/C28H40O3/c1-4-17-28(18-10-19-28)21(2)22-11-9-12-23(20-22)24-15-16-26(29)25(24)13-7-5-6-8-14-27(30)31-3/h5,7,9,11-12,20-21,24-25H,4,6,8,10,13-19H2,1-3H3/b7-5-/t21?,24-,25-/m1/s1. The van der Waals surface area contributed by atoms with Crippen molar-refractivity contribution in [3.05, 3.63) is 47.5 Å². The molecular formula is C28H40O3. The van der Waals surface area contributed by atoms with Crippen LogP contribution in [-0.2, 0) is 14.3 Å². The molecule has 2 saturated carbocycles. The number of ketones is 1. The average Bonchev–Trinajstić information content (AvgIpc) is 3.13. The maximum Gasteiger partial charge on any atom is 0.305 e. The zero-order chi connectivity index (χ0) is 22.3. The molecule has 1 unspecified atom stereocenters. The highest BCUT2D eigenvalue weighted by atomic mass is 16.5. The van der Waals surface area contributed by atoms with Crippen molar-refractivity contribution in [2.24, 2.45) is 11.3 Å². The molecule has 0 N–H and O–H groups in total. The van der Waals surface area contributed by atoms with Gasteiger partial charge in [-0.15, -0.1) is 0 Å². The summed E-state index contributed by atoms with van der Waals surface area (Å²) in [5.41, 5.74) is 3.30. The van der Waals surface area contributed by atoms with Gasteiger partial charge in [-0.05, 0) is 73.3 Å². The molecule has 0 bridgehead atoms. The van der Waals surface area contributed by atoms with Gasteiger partial charge in [-0.3, -0.25) is 9.59 Å². The van der Waals surface area contributed by atoms with Crippen molar-refractivity contribution < 1.29 is 14.3 Å². The molecule has 3 nitrogen and oxygen atoms in total. The van der Waals surface area contributed by atoms with Gasteiger partial charge in [0.2, 0.25) is 0 Å². The van der Waals surface area contributed by atoms with Crippen LogP contribution in [0.1, 0.15) is 107 Å². The Kier molecular flexibility index (Phi) is 8.51. The van der Waals surface area contributed by atoms with E-state index in [1.807, 2.05) is 0 Å². The number of carbonyl (C=O) groups is 2. The van der Waals surface area contributed by atoms with Gasteiger partial charge in [-0.2, -0.15) is 0 Å². The molecule has 0 spiro atoms. The van der Waals surface area contributed by atoms with Crippen molar-refractivity contribution in [1.29, 1.82) is 0 Å². The molecule has 2 aliphatic carbocycles.